The fraction of sp³-hybridized carbons (Fsp3) is 0.0714. The number of anilines is 2. The highest BCUT2D eigenvalue weighted by Gasteiger charge is 2.14. The predicted octanol–water partition coefficient (Wildman–Crippen LogP) is 2.35. The van der Waals surface area contributed by atoms with Crippen molar-refractivity contribution in [3.63, 3.8) is 0 Å². The molecule has 0 radical (unpaired) electrons. The molecule has 0 heterocycles. The van der Waals surface area contributed by atoms with Crippen molar-refractivity contribution in [2.75, 3.05) is 12.4 Å². The van der Waals surface area contributed by atoms with Crippen LogP contribution in [0.5, 0.6) is 5.75 Å². The number of phenols is 1. The van der Waals surface area contributed by atoms with E-state index in [0.717, 1.165) is 13.2 Å². The van der Waals surface area contributed by atoms with E-state index in [1.54, 1.807) is 0 Å². The van der Waals surface area contributed by atoms with Crippen molar-refractivity contribution in [2.24, 2.45) is 0 Å². The molecule has 2 aromatic carbocycles. The van der Waals surface area contributed by atoms with Crippen LogP contribution < -0.4 is 5.32 Å². The van der Waals surface area contributed by atoms with Gasteiger partial charge in [0.15, 0.2) is 0 Å². The minimum absolute atomic E-state index is 0.121. The maximum atomic E-state index is 10.9. The fourth-order valence-corrected chi connectivity index (χ4v) is 1.63. The first-order valence-corrected chi connectivity index (χ1v) is 6.00. The number of nitrogens with zero attached hydrogens (tertiary/aromatic N) is 1. The van der Waals surface area contributed by atoms with Crippen molar-refractivity contribution in [3.8, 4) is 5.75 Å². The van der Waals surface area contributed by atoms with E-state index in [1.807, 2.05) is 0 Å². The average molecular weight is 306 g/mol. The second-order valence-corrected chi connectivity index (χ2v) is 3.97. The summed E-state index contributed by atoms with van der Waals surface area (Å²) in [6, 6.07) is 9.50. The molecule has 0 atom stereocenters. The summed E-state index contributed by atoms with van der Waals surface area (Å²) in [5, 5.41) is 38.7. The number of nitro groups is 1. The molecule has 0 fully saturated rings. The van der Waals surface area contributed by atoms with E-state index in [2.05, 4.69) is 5.32 Å². The average Bonchev–Trinajstić information content (AvgIpc) is 2.51. The monoisotopic (exact) mass is 306 g/mol. The lowest BCUT2D eigenvalue weighted by Crippen LogP contribution is -1.98. The number of hydrogen-bond donors (Lipinski definition) is 4. The number of benzene rings is 2. The Morgan fingerprint density at radius 3 is 2.23 bits per heavy atom. The molecule has 0 aliphatic carbocycles. The number of aromatic carboxylic acids is 1. The zero-order chi connectivity index (χ0) is 16.7. The largest absolute Gasteiger partial charge is 0.508 e. The number of aliphatic hydroxyl groups excluding tert-OH is 1. The Morgan fingerprint density at radius 1 is 1.14 bits per heavy atom. The van der Waals surface area contributed by atoms with Gasteiger partial charge in [-0.3, -0.25) is 10.1 Å². The van der Waals surface area contributed by atoms with Gasteiger partial charge in [-0.1, -0.05) is 0 Å². The third-order valence-corrected chi connectivity index (χ3v) is 2.59. The van der Waals surface area contributed by atoms with Gasteiger partial charge in [0.25, 0.3) is 5.69 Å². The van der Waals surface area contributed by atoms with E-state index in [0.29, 0.717) is 5.69 Å². The smallest absolute Gasteiger partial charge is 0.335 e. The molecule has 116 valence electrons. The van der Waals surface area contributed by atoms with Gasteiger partial charge in [0.1, 0.15) is 11.4 Å². The van der Waals surface area contributed by atoms with E-state index in [9.17, 15) is 20.0 Å². The van der Waals surface area contributed by atoms with E-state index < -0.39 is 10.9 Å². The minimum atomic E-state index is -1.05. The lowest BCUT2D eigenvalue weighted by molar-refractivity contribution is -0.384. The highest BCUT2D eigenvalue weighted by molar-refractivity contribution is 5.88. The van der Waals surface area contributed by atoms with Crippen LogP contribution in [0.3, 0.4) is 0 Å². The van der Waals surface area contributed by atoms with Gasteiger partial charge >= 0.3 is 5.97 Å². The number of nitrogens with one attached hydrogen (secondary N) is 1. The Balaban J connectivity index is 0.00000116. The van der Waals surface area contributed by atoms with Crippen LogP contribution in [-0.4, -0.2) is 33.3 Å². The number of aromatic hydroxyl groups is 1. The summed E-state index contributed by atoms with van der Waals surface area (Å²) in [4.78, 5) is 21.0. The fourth-order valence-electron chi connectivity index (χ4n) is 1.63. The Bertz CT molecular complexity index is 670. The zero-order valence-corrected chi connectivity index (χ0v) is 11.6. The number of rotatable bonds is 4. The van der Waals surface area contributed by atoms with Gasteiger partial charge in [0, 0.05) is 12.8 Å². The lowest BCUT2D eigenvalue weighted by atomic mass is 10.2. The summed E-state index contributed by atoms with van der Waals surface area (Å²) >= 11 is 0. The number of nitro benzene ring substituents is 1. The van der Waals surface area contributed by atoms with Crippen molar-refractivity contribution < 1.29 is 25.0 Å². The lowest BCUT2D eigenvalue weighted by Gasteiger charge is -2.07. The Hall–Kier alpha value is -3.13. The van der Waals surface area contributed by atoms with E-state index in [-0.39, 0.29) is 22.7 Å². The first kappa shape index (κ1) is 16.9. The number of phenolic OH excluding ortho intramolecular Hbond substituents is 1. The molecule has 0 aliphatic heterocycles. The number of carbonyl (C=O) groups is 1. The highest BCUT2D eigenvalue weighted by Crippen LogP contribution is 2.30. The van der Waals surface area contributed by atoms with Crippen LogP contribution in [0.1, 0.15) is 10.4 Å². The van der Waals surface area contributed by atoms with Crippen molar-refractivity contribution in [1.82, 2.24) is 0 Å². The molecule has 0 saturated carbocycles. The molecule has 0 aliphatic rings. The Labute approximate surface area is 125 Å². The number of aliphatic hydroxyl groups is 1. The van der Waals surface area contributed by atoms with Crippen LogP contribution in [-0.2, 0) is 0 Å². The Morgan fingerprint density at radius 2 is 1.73 bits per heavy atom. The number of carboxylic acids is 1. The molecular weight excluding hydrogens is 292 g/mol. The third-order valence-electron chi connectivity index (χ3n) is 2.59. The molecule has 22 heavy (non-hydrogen) atoms. The van der Waals surface area contributed by atoms with Gasteiger partial charge in [-0.2, -0.15) is 0 Å². The van der Waals surface area contributed by atoms with Crippen LogP contribution in [0.15, 0.2) is 42.5 Å². The minimum Gasteiger partial charge on any atom is -0.508 e. The quantitative estimate of drug-likeness (QED) is 0.387. The van der Waals surface area contributed by atoms with Crippen molar-refractivity contribution in [3.05, 3.63) is 58.1 Å². The highest BCUT2D eigenvalue weighted by atomic mass is 16.6. The standard InChI is InChI=1S/C13H10N2O5.CH4O/c16-10-5-6-11(12(7-10)15(19)20)14-9-3-1-8(2-4-9)13(17)18;1-2/h1-7,14,16H,(H,17,18);2H,1H3. The maximum Gasteiger partial charge on any atom is 0.335 e. The SMILES string of the molecule is CO.O=C(O)c1ccc(Nc2ccc(O)cc2[N+](=O)[O-])cc1. The van der Waals surface area contributed by atoms with Gasteiger partial charge in [-0.15, -0.1) is 0 Å². The predicted molar refractivity (Wildman–Crippen MR) is 79.6 cm³/mol. The number of hydrogen-bond acceptors (Lipinski definition) is 6. The molecule has 2 rings (SSSR count). The molecule has 0 unspecified atom stereocenters. The molecule has 0 aromatic heterocycles. The summed E-state index contributed by atoms with van der Waals surface area (Å²) in [5.41, 5.74) is 0.558. The summed E-state index contributed by atoms with van der Waals surface area (Å²) < 4.78 is 0. The van der Waals surface area contributed by atoms with Crippen LogP contribution in [0, 0.1) is 10.1 Å². The van der Waals surface area contributed by atoms with Crippen LogP contribution >= 0.6 is 0 Å². The van der Waals surface area contributed by atoms with Gasteiger partial charge in [0.05, 0.1) is 16.6 Å². The molecular formula is C14H14N2O6. The molecule has 0 bridgehead atoms. The summed E-state index contributed by atoms with van der Waals surface area (Å²) in [6.07, 6.45) is 0. The zero-order valence-electron chi connectivity index (χ0n) is 11.6. The normalized spacial score (nSPS) is 9.36. The number of carboxylic acid groups (broad SMARTS) is 1. The van der Waals surface area contributed by atoms with Crippen LogP contribution in [0.2, 0.25) is 0 Å². The first-order valence-electron chi connectivity index (χ1n) is 6.00. The van der Waals surface area contributed by atoms with Gasteiger partial charge in [-0.25, -0.2) is 4.79 Å². The maximum absolute atomic E-state index is 10.9. The van der Waals surface area contributed by atoms with Gasteiger partial charge < -0.3 is 20.6 Å². The van der Waals surface area contributed by atoms with Crippen molar-refractivity contribution in [2.45, 2.75) is 0 Å². The van der Waals surface area contributed by atoms with Crippen LogP contribution in [0.25, 0.3) is 0 Å². The second kappa shape index (κ2) is 7.60. The topological polar surface area (TPSA) is 133 Å². The molecule has 8 heteroatoms. The molecule has 0 spiro atoms. The molecule has 0 amide bonds. The van der Waals surface area contributed by atoms with E-state index >= 15 is 0 Å². The third kappa shape index (κ3) is 4.18. The van der Waals surface area contributed by atoms with E-state index in [1.165, 1.54) is 36.4 Å². The van der Waals surface area contributed by atoms with E-state index in [4.69, 9.17) is 10.2 Å². The van der Waals surface area contributed by atoms with Gasteiger partial charge in [-0.05, 0) is 36.4 Å². The van der Waals surface area contributed by atoms with Crippen LogP contribution in [0.4, 0.5) is 17.1 Å². The van der Waals surface area contributed by atoms with Gasteiger partial charge in [0.2, 0.25) is 0 Å². The molecule has 4 N–H and O–H groups in total. The Kier molecular flexibility index (Phi) is 5.85. The van der Waals surface area contributed by atoms with Crippen molar-refractivity contribution >= 4 is 23.0 Å². The van der Waals surface area contributed by atoms with Crippen molar-refractivity contribution in [1.29, 1.82) is 0 Å². The summed E-state index contributed by atoms with van der Waals surface area (Å²) in [5.74, 6) is -1.25. The second-order valence-electron chi connectivity index (χ2n) is 3.97. The summed E-state index contributed by atoms with van der Waals surface area (Å²) in [6.45, 7) is 0. The molecule has 0 saturated heterocycles. The summed E-state index contributed by atoms with van der Waals surface area (Å²) in [7, 11) is 1.00. The molecule has 2 aromatic rings. The first-order chi connectivity index (χ1) is 10.5. The molecule has 8 nitrogen and oxygen atoms in total.